The van der Waals surface area contributed by atoms with Crippen molar-refractivity contribution in [3.8, 4) is 35.4 Å². The number of aromatic nitrogens is 3. The van der Waals surface area contributed by atoms with Crippen LogP contribution in [0.3, 0.4) is 0 Å². The van der Waals surface area contributed by atoms with Gasteiger partial charge in [-0.3, -0.25) is 9.88 Å². The zero-order chi connectivity index (χ0) is 32.5. The Balaban J connectivity index is 1.28. The highest BCUT2D eigenvalue weighted by atomic mass is 19.1. The third-order valence-electron chi connectivity index (χ3n) is 10.5. The molecule has 8 rings (SSSR count). The van der Waals surface area contributed by atoms with Gasteiger partial charge >= 0.3 is 6.01 Å². The Morgan fingerprint density at radius 2 is 2.04 bits per heavy atom. The van der Waals surface area contributed by atoms with E-state index in [0.717, 1.165) is 32.2 Å². The Labute approximate surface area is 270 Å². The van der Waals surface area contributed by atoms with Crippen LogP contribution in [0, 0.1) is 24.0 Å². The number of fused-ring (bicyclic) bond motifs is 5. The lowest BCUT2D eigenvalue weighted by Crippen LogP contribution is -2.61. The summed E-state index contributed by atoms with van der Waals surface area (Å²) in [5, 5.41) is 15.3. The van der Waals surface area contributed by atoms with Gasteiger partial charge in [-0.2, -0.15) is 9.97 Å². The van der Waals surface area contributed by atoms with Crippen LogP contribution in [0.5, 0.6) is 11.8 Å². The van der Waals surface area contributed by atoms with Gasteiger partial charge in [0.15, 0.2) is 5.82 Å². The summed E-state index contributed by atoms with van der Waals surface area (Å²) in [6, 6.07) is 5.62. The van der Waals surface area contributed by atoms with E-state index in [1.54, 1.807) is 7.11 Å². The molecule has 6 heterocycles. The average molecular weight is 645 g/mol. The van der Waals surface area contributed by atoms with Crippen LogP contribution in [-0.2, 0) is 4.74 Å². The second kappa shape index (κ2) is 11.2. The molecule has 2 N–H and O–H groups in total. The molecule has 0 amide bonds. The number of nitrogens with one attached hydrogen (secondary N) is 1. The van der Waals surface area contributed by atoms with Crippen molar-refractivity contribution >= 4 is 27.5 Å². The SMILES string of the molecule is C#Cc1c(F)ccc2cc(O)cc(-c3ncc4c(N5CC6CCC(COC)(C5)N6)nc(OC[C@@]56CCCN5C[C@H](F)C6)nc4c3F)c12. The first kappa shape index (κ1) is 30.2. The second-order valence-corrected chi connectivity index (χ2v) is 13.5. The molecular weight excluding hydrogens is 609 g/mol. The number of rotatable bonds is 7. The molecule has 4 atom stereocenters. The Hall–Kier alpha value is -4.18. The number of phenolic OH excluding ortho intramolecular Hbond substituents is 1. The van der Waals surface area contributed by atoms with Crippen molar-refractivity contribution in [2.24, 2.45) is 0 Å². The summed E-state index contributed by atoms with van der Waals surface area (Å²) in [5.74, 6) is 1.26. The lowest BCUT2D eigenvalue weighted by molar-refractivity contribution is 0.107. The molecule has 0 spiro atoms. The van der Waals surface area contributed by atoms with Gasteiger partial charge in [0.2, 0.25) is 0 Å². The van der Waals surface area contributed by atoms with Gasteiger partial charge in [0, 0.05) is 56.4 Å². The molecule has 4 saturated heterocycles. The van der Waals surface area contributed by atoms with E-state index in [4.69, 9.17) is 20.9 Å². The van der Waals surface area contributed by atoms with Crippen molar-refractivity contribution in [1.29, 1.82) is 0 Å². The van der Waals surface area contributed by atoms with Crippen LogP contribution < -0.4 is 15.0 Å². The predicted molar refractivity (Wildman–Crippen MR) is 171 cm³/mol. The first-order valence-electron chi connectivity index (χ1n) is 16.0. The molecule has 47 heavy (non-hydrogen) atoms. The van der Waals surface area contributed by atoms with E-state index in [0.29, 0.717) is 49.3 Å². The van der Waals surface area contributed by atoms with Crippen LogP contribution in [-0.4, -0.2) is 94.8 Å². The highest BCUT2D eigenvalue weighted by Crippen LogP contribution is 2.42. The van der Waals surface area contributed by atoms with Gasteiger partial charge in [-0.1, -0.05) is 12.0 Å². The highest BCUT2D eigenvalue weighted by molar-refractivity contribution is 6.03. The summed E-state index contributed by atoms with van der Waals surface area (Å²) in [4.78, 5) is 18.2. The molecule has 4 aliphatic rings. The van der Waals surface area contributed by atoms with E-state index in [9.17, 15) is 13.9 Å². The molecule has 2 unspecified atom stereocenters. The van der Waals surface area contributed by atoms with Gasteiger partial charge in [0.1, 0.15) is 41.4 Å². The maximum Gasteiger partial charge on any atom is 0.319 e. The van der Waals surface area contributed by atoms with Crippen molar-refractivity contribution < 1.29 is 27.8 Å². The van der Waals surface area contributed by atoms with Gasteiger partial charge in [-0.05, 0) is 55.8 Å². The van der Waals surface area contributed by atoms with Crippen molar-refractivity contribution in [1.82, 2.24) is 25.2 Å². The van der Waals surface area contributed by atoms with Crippen LogP contribution in [0.15, 0.2) is 30.5 Å². The van der Waals surface area contributed by atoms with E-state index in [1.807, 2.05) is 0 Å². The number of methoxy groups -OCH3 is 1. The fourth-order valence-electron chi connectivity index (χ4n) is 8.50. The van der Waals surface area contributed by atoms with Gasteiger partial charge in [-0.15, -0.1) is 6.42 Å². The summed E-state index contributed by atoms with van der Waals surface area (Å²) >= 11 is 0. The predicted octanol–water partition coefficient (Wildman–Crippen LogP) is 4.72. The molecule has 0 aliphatic carbocycles. The zero-order valence-corrected chi connectivity index (χ0v) is 26.0. The van der Waals surface area contributed by atoms with Crippen molar-refractivity contribution in [2.45, 2.75) is 55.4 Å². The summed E-state index contributed by atoms with van der Waals surface area (Å²) in [7, 11) is 1.68. The second-order valence-electron chi connectivity index (χ2n) is 13.5. The lowest BCUT2D eigenvalue weighted by atomic mass is 9.95. The fourth-order valence-corrected chi connectivity index (χ4v) is 8.50. The molecule has 244 valence electrons. The monoisotopic (exact) mass is 644 g/mol. The van der Waals surface area contributed by atoms with Gasteiger partial charge in [0.25, 0.3) is 0 Å². The zero-order valence-electron chi connectivity index (χ0n) is 26.0. The van der Waals surface area contributed by atoms with Crippen LogP contribution in [0.1, 0.15) is 37.7 Å². The number of piperazine rings is 1. The molecule has 9 nitrogen and oxygen atoms in total. The van der Waals surface area contributed by atoms with Crippen LogP contribution in [0.25, 0.3) is 32.9 Å². The largest absolute Gasteiger partial charge is 0.508 e. The van der Waals surface area contributed by atoms with Crippen molar-refractivity contribution in [3.63, 3.8) is 0 Å². The number of phenols is 1. The molecule has 4 aliphatic heterocycles. The number of ether oxygens (including phenoxy) is 2. The smallest absolute Gasteiger partial charge is 0.319 e. The Morgan fingerprint density at radius 3 is 2.87 bits per heavy atom. The lowest BCUT2D eigenvalue weighted by Gasteiger charge is -2.41. The minimum atomic E-state index is -0.929. The Kier molecular flexibility index (Phi) is 7.20. The van der Waals surface area contributed by atoms with E-state index in [-0.39, 0.29) is 57.7 Å². The molecule has 4 fully saturated rings. The van der Waals surface area contributed by atoms with Gasteiger partial charge in [-0.25, -0.2) is 13.2 Å². The summed E-state index contributed by atoms with van der Waals surface area (Å²) in [6.07, 6.45) is 10.3. The summed E-state index contributed by atoms with van der Waals surface area (Å²) in [5.41, 5.74) is -0.854. The van der Waals surface area contributed by atoms with Gasteiger partial charge in [0.05, 0.1) is 28.6 Å². The maximum atomic E-state index is 16.9. The quantitative estimate of drug-likeness (QED) is 0.277. The summed E-state index contributed by atoms with van der Waals surface area (Å²) in [6.45, 7) is 3.05. The standard InChI is InChI=1S/C35H35F3N6O3/c1-3-24-27(37)6-5-20-11-23(45)12-25(28(20)24)30-29(38)31-26(14-39-30)32(43-16-22-7-9-34(17-43,42-22)18-46-2)41-33(40-31)47-19-35-8-4-10-44(35)15-21(36)13-35/h1,5-6,11-12,14,21-22,42,45H,4,7-10,13,15-19H2,2H3/t21-,22?,34?,35+/m1/s1. The average Bonchev–Trinajstić information content (AvgIpc) is 3.68. The van der Waals surface area contributed by atoms with E-state index in [1.165, 1.54) is 30.5 Å². The molecule has 12 heteroatoms. The highest BCUT2D eigenvalue weighted by Gasteiger charge is 2.50. The minimum absolute atomic E-state index is 0.0186. The number of nitrogens with zero attached hydrogens (tertiary/aromatic N) is 5. The number of anilines is 1. The van der Waals surface area contributed by atoms with Crippen molar-refractivity contribution in [2.75, 3.05) is 51.4 Å². The number of aromatic hydroxyl groups is 1. The first-order chi connectivity index (χ1) is 22.7. The molecular formula is C35H35F3N6O3. The number of hydrogen-bond acceptors (Lipinski definition) is 9. The number of halogens is 3. The Bertz CT molecular complexity index is 1950. The number of benzene rings is 2. The molecule has 0 saturated carbocycles. The van der Waals surface area contributed by atoms with E-state index in [2.05, 4.69) is 31.0 Å². The first-order valence-corrected chi connectivity index (χ1v) is 16.0. The number of pyridine rings is 1. The third-order valence-corrected chi connectivity index (χ3v) is 10.5. The molecule has 4 aromatic rings. The van der Waals surface area contributed by atoms with Gasteiger partial charge < -0.3 is 24.8 Å². The minimum Gasteiger partial charge on any atom is -0.508 e. The van der Waals surface area contributed by atoms with E-state index < -0.39 is 23.3 Å². The maximum absolute atomic E-state index is 16.9. The molecule has 2 bridgehead atoms. The third kappa shape index (κ3) is 4.94. The number of alkyl halides is 1. The molecule has 0 radical (unpaired) electrons. The van der Waals surface area contributed by atoms with Crippen molar-refractivity contribution in [3.05, 3.63) is 47.7 Å². The molecule has 2 aromatic heterocycles. The number of hydrogen-bond donors (Lipinski definition) is 2. The normalized spacial score (nSPS) is 27.1. The van der Waals surface area contributed by atoms with Crippen LogP contribution in [0.2, 0.25) is 0 Å². The summed E-state index contributed by atoms with van der Waals surface area (Å²) < 4.78 is 58.1. The number of terminal acetylenes is 1. The Morgan fingerprint density at radius 1 is 1.17 bits per heavy atom. The topological polar surface area (TPSA) is 95.9 Å². The van der Waals surface area contributed by atoms with E-state index >= 15 is 4.39 Å². The van der Waals surface area contributed by atoms with Crippen LogP contribution >= 0.6 is 0 Å². The molecule has 2 aromatic carbocycles. The fraction of sp³-hybridized carbons (Fsp3) is 0.457. The van der Waals surface area contributed by atoms with Crippen LogP contribution in [0.4, 0.5) is 19.0 Å².